The van der Waals surface area contributed by atoms with Crippen LogP contribution in [-0.2, 0) is 0 Å². The van der Waals surface area contributed by atoms with Crippen LogP contribution in [0, 0.1) is 19.3 Å². The normalized spacial score (nSPS) is 21.1. The number of nitrogens with zero attached hydrogens (tertiary/aromatic N) is 1. The lowest BCUT2D eigenvalue weighted by molar-refractivity contribution is 0.629. The van der Waals surface area contributed by atoms with Crippen molar-refractivity contribution in [1.82, 2.24) is 4.98 Å². The van der Waals surface area contributed by atoms with Crippen LogP contribution >= 0.6 is 12.2 Å². The van der Waals surface area contributed by atoms with E-state index in [1.54, 1.807) is 0 Å². The van der Waals surface area contributed by atoms with E-state index in [0.717, 1.165) is 22.6 Å². The molecule has 17 heavy (non-hydrogen) atoms. The van der Waals surface area contributed by atoms with Crippen LogP contribution in [0.3, 0.4) is 0 Å². The zero-order valence-corrected chi connectivity index (χ0v) is 11.6. The van der Waals surface area contributed by atoms with Gasteiger partial charge in [-0.05, 0) is 37.3 Å². The lowest BCUT2D eigenvalue weighted by Crippen LogP contribution is -2.19. The quantitative estimate of drug-likeness (QED) is 0.808. The Balaban J connectivity index is 2.35. The van der Waals surface area contributed by atoms with E-state index in [-0.39, 0.29) is 0 Å². The maximum atomic E-state index is 5.78. The van der Waals surface area contributed by atoms with E-state index < -0.39 is 0 Å². The summed E-state index contributed by atoms with van der Waals surface area (Å²) in [7, 11) is 0. The number of thiocarbonyl (C=S) groups is 1. The molecule has 0 aliphatic heterocycles. The van der Waals surface area contributed by atoms with E-state index in [9.17, 15) is 0 Å². The molecule has 0 radical (unpaired) electrons. The molecule has 1 aromatic heterocycles. The lowest BCUT2D eigenvalue weighted by atomic mass is 10.1. The third-order valence-corrected chi connectivity index (χ3v) is 3.62. The van der Waals surface area contributed by atoms with Crippen LogP contribution in [0.4, 0.5) is 5.82 Å². The Labute approximate surface area is 108 Å². The van der Waals surface area contributed by atoms with Crippen molar-refractivity contribution in [1.29, 1.82) is 0 Å². The first-order valence-corrected chi connectivity index (χ1v) is 6.26. The molecule has 1 aromatic rings. The van der Waals surface area contributed by atoms with Gasteiger partial charge >= 0.3 is 0 Å². The van der Waals surface area contributed by atoms with Gasteiger partial charge in [0.2, 0.25) is 0 Å². The first kappa shape index (κ1) is 12.3. The van der Waals surface area contributed by atoms with Gasteiger partial charge in [-0.2, -0.15) is 0 Å². The van der Waals surface area contributed by atoms with E-state index in [2.05, 4.69) is 24.1 Å². The van der Waals surface area contributed by atoms with Crippen molar-refractivity contribution in [2.45, 2.75) is 40.2 Å². The van der Waals surface area contributed by atoms with Gasteiger partial charge in [0.25, 0.3) is 0 Å². The van der Waals surface area contributed by atoms with E-state index >= 15 is 0 Å². The number of aryl methyl sites for hydroxylation is 2. The van der Waals surface area contributed by atoms with E-state index in [0.29, 0.717) is 16.4 Å². The number of hydrogen-bond donors (Lipinski definition) is 2. The summed E-state index contributed by atoms with van der Waals surface area (Å²) in [5, 5.41) is 3.46. The van der Waals surface area contributed by atoms with Gasteiger partial charge in [0.15, 0.2) is 0 Å². The van der Waals surface area contributed by atoms with E-state index in [1.165, 1.54) is 6.42 Å². The molecule has 0 aromatic carbocycles. The van der Waals surface area contributed by atoms with Crippen LogP contribution < -0.4 is 11.1 Å². The molecule has 4 heteroatoms. The van der Waals surface area contributed by atoms with E-state index in [1.807, 2.05) is 19.9 Å². The highest BCUT2D eigenvalue weighted by Gasteiger charge is 2.46. The van der Waals surface area contributed by atoms with Crippen LogP contribution in [0.1, 0.15) is 37.1 Å². The standard InChI is InChI=1S/C13H19N3S/c1-7-5-8(2)15-12(10(7)11(14)17)16-9-6-13(9,3)4/h5,9H,6H2,1-4H3,(H2,14,17)(H,15,16). The summed E-state index contributed by atoms with van der Waals surface area (Å²) in [6, 6.07) is 2.49. The molecule has 3 N–H and O–H groups in total. The highest BCUT2D eigenvalue weighted by Crippen LogP contribution is 2.46. The number of aromatic nitrogens is 1. The Morgan fingerprint density at radius 1 is 1.53 bits per heavy atom. The molecule has 0 saturated heterocycles. The van der Waals surface area contributed by atoms with Gasteiger partial charge in [-0.15, -0.1) is 0 Å². The minimum absolute atomic E-state index is 0.354. The molecule has 1 aliphatic carbocycles. The highest BCUT2D eigenvalue weighted by molar-refractivity contribution is 7.80. The molecular formula is C13H19N3S. The Bertz CT molecular complexity index is 480. The maximum Gasteiger partial charge on any atom is 0.137 e. The first-order valence-electron chi connectivity index (χ1n) is 5.86. The molecule has 1 atom stereocenters. The first-order chi connectivity index (χ1) is 7.81. The predicted octanol–water partition coefficient (Wildman–Crippen LogP) is 2.54. The molecule has 0 spiro atoms. The summed E-state index contributed by atoms with van der Waals surface area (Å²) in [6.07, 6.45) is 1.17. The molecule has 1 unspecified atom stereocenters. The third-order valence-electron chi connectivity index (χ3n) is 3.42. The summed E-state index contributed by atoms with van der Waals surface area (Å²) in [4.78, 5) is 4.94. The fourth-order valence-corrected chi connectivity index (χ4v) is 2.39. The average Bonchev–Trinajstić information content (AvgIpc) is 2.70. The van der Waals surface area contributed by atoms with Crippen molar-refractivity contribution in [3.05, 3.63) is 22.9 Å². The van der Waals surface area contributed by atoms with Crippen LogP contribution in [0.25, 0.3) is 0 Å². The Morgan fingerprint density at radius 2 is 2.12 bits per heavy atom. The lowest BCUT2D eigenvalue weighted by Gasteiger charge is -2.14. The van der Waals surface area contributed by atoms with Gasteiger partial charge in [0.05, 0.1) is 5.56 Å². The second kappa shape index (κ2) is 3.95. The molecule has 1 aliphatic rings. The number of rotatable bonds is 3. The van der Waals surface area contributed by atoms with E-state index in [4.69, 9.17) is 18.0 Å². The number of nitrogens with two attached hydrogens (primary N) is 1. The Morgan fingerprint density at radius 3 is 2.59 bits per heavy atom. The van der Waals surface area contributed by atoms with Crippen molar-refractivity contribution >= 4 is 23.0 Å². The Hall–Kier alpha value is -1.16. The molecular weight excluding hydrogens is 230 g/mol. The molecule has 0 amide bonds. The van der Waals surface area contributed by atoms with Crippen LogP contribution in [0.5, 0.6) is 0 Å². The van der Waals surface area contributed by atoms with Gasteiger partial charge in [-0.1, -0.05) is 26.1 Å². The third kappa shape index (κ3) is 2.41. The van der Waals surface area contributed by atoms with Gasteiger partial charge in [0, 0.05) is 11.7 Å². The number of nitrogens with one attached hydrogen (secondary N) is 1. The van der Waals surface area contributed by atoms with Crippen molar-refractivity contribution in [2.24, 2.45) is 11.1 Å². The van der Waals surface area contributed by atoms with Gasteiger partial charge < -0.3 is 11.1 Å². The largest absolute Gasteiger partial charge is 0.389 e. The summed E-state index contributed by atoms with van der Waals surface area (Å²) in [6.45, 7) is 8.49. The molecule has 1 fully saturated rings. The summed E-state index contributed by atoms with van der Waals surface area (Å²) < 4.78 is 0. The topological polar surface area (TPSA) is 50.9 Å². The van der Waals surface area contributed by atoms with Crippen LogP contribution in [0.15, 0.2) is 6.07 Å². The molecule has 0 bridgehead atoms. The molecule has 2 rings (SSSR count). The van der Waals surface area contributed by atoms with Gasteiger partial charge in [-0.25, -0.2) is 4.98 Å². The zero-order valence-electron chi connectivity index (χ0n) is 10.8. The maximum absolute atomic E-state index is 5.78. The average molecular weight is 249 g/mol. The smallest absolute Gasteiger partial charge is 0.137 e. The van der Waals surface area contributed by atoms with Gasteiger partial charge in [0.1, 0.15) is 10.8 Å². The molecule has 1 saturated carbocycles. The Kier molecular flexibility index (Phi) is 2.86. The SMILES string of the molecule is Cc1cc(C)c(C(N)=S)c(NC2CC2(C)C)n1. The molecule has 92 valence electrons. The number of hydrogen-bond acceptors (Lipinski definition) is 3. The minimum atomic E-state index is 0.354. The van der Waals surface area contributed by atoms with Crippen molar-refractivity contribution < 1.29 is 0 Å². The zero-order chi connectivity index (χ0) is 12.8. The van der Waals surface area contributed by atoms with Crippen molar-refractivity contribution in [2.75, 3.05) is 5.32 Å². The predicted molar refractivity (Wildman–Crippen MR) is 75.4 cm³/mol. The summed E-state index contributed by atoms with van der Waals surface area (Å²) in [5.41, 5.74) is 9.10. The van der Waals surface area contributed by atoms with Crippen LogP contribution in [-0.4, -0.2) is 16.0 Å². The monoisotopic (exact) mass is 249 g/mol. The van der Waals surface area contributed by atoms with Crippen molar-refractivity contribution in [3.63, 3.8) is 0 Å². The van der Waals surface area contributed by atoms with Gasteiger partial charge in [-0.3, -0.25) is 0 Å². The second-order valence-corrected chi connectivity index (χ2v) is 6.00. The second-order valence-electron chi connectivity index (χ2n) is 5.56. The van der Waals surface area contributed by atoms with Crippen LogP contribution in [0.2, 0.25) is 0 Å². The minimum Gasteiger partial charge on any atom is -0.389 e. The molecule has 3 nitrogen and oxygen atoms in total. The number of anilines is 1. The fourth-order valence-electron chi connectivity index (χ4n) is 2.13. The fraction of sp³-hybridized carbons (Fsp3) is 0.538. The number of pyridine rings is 1. The summed E-state index contributed by atoms with van der Waals surface area (Å²) in [5.74, 6) is 0.838. The van der Waals surface area contributed by atoms with Crippen molar-refractivity contribution in [3.8, 4) is 0 Å². The summed E-state index contributed by atoms with van der Waals surface area (Å²) >= 11 is 5.11. The highest BCUT2D eigenvalue weighted by atomic mass is 32.1. The molecule has 1 heterocycles.